The predicted octanol–water partition coefficient (Wildman–Crippen LogP) is 3.54. The minimum Gasteiger partial charge on any atom is -0.384 e. The highest BCUT2D eigenvalue weighted by Crippen LogP contribution is 2.35. The van der Waals surface area contributed by atoms with Crippen LogP contribution in [0.3, 0.4) is 0 Å². The summed E-state index contributed by atoms with van der Waals surface area (Å²) in [5.74, 6) is 0. The zero-order chi connectivity index (χ0) is 25.4. The molecule has 8 heteroatoms. The Bertz CT molecular complexity index is 1210. The van der Waals surface area contributed by atoms with Crippen molar-refractivity contribution < 1.29 is 9.90 Å². The molecule has 3 aromatic rings. The average Bonchev–Trinajstić information content (AvgIpc) is 3.49. The molecule has 0 bridgehead atoms. The van der Waals surface area contributed by atoms with Crippen molar-refractivity contribution in [2.75, 3.05) is 44.2 Å². The van der Waals surface area contributed by atoms with Crippen molar-refractivity contribution >= 4 is 17.2 Å². The first-order valence-electron chi connectivity index (χ1n) is 13.1. The van der Waals surface area contributed by atoms with Crippen LogP contribution in [-0.4, -0.2) is 81.9 Å². The molecule has 8 nitrogen and oxygen atoms in total. The Morgan fingerprint density at radius 1 is 1.00 bits per heavy atom. The lowest BCUT2D eigenvalue weighted by Gasteiger charge is -2.36. The fourth-order valence-electron chi connectivity index (χ4n) is 5.39. The smallest absolute Gasteiger partial charge is 0.317 e. The molecule has 5 rings (SSSR count). The summed E-state index contributed by atoms with van der Waals surface area (Å²) in [6.45, 7) is 12.9. The van der Waals surface area contributed by atoms with E-state index < -0.39 is 5.60 Å². The molecule has 192 valence electrons. The number of aliphatic hydroxyl groups is 1. The Kier molecular flexibility index (Phi) is 6.66. The number of carbonyl (C=O) groups is 1. The summed E-state index contributed by atoms with van der Waals surface area (Å²) in [7, 11) is 0. The zero-order valence-corrected chi connectivity index (χ0v) is 21.8. The number of aromatic nitrogens is 2. The SMILES string of the molecule is CC(C)NC(=O)N1CCN(c2ccnn3cc(-c4ccc([C@@]5(O)CCN(C(C)C)C5)cc4)cc23)CC1. The van der Waals surface area contributed by atoms with Gasteiger partial charge in [-0.25, -0.2) is 9.31 Å². The number of hydrogen-bond donors (Lipinski definition) is 2. The van der Waals surface area contributed by atoms with Gasteiger partial charge in [0.15, 0.2) is 0 Å². The molecule has 0 saturated carbocycles. The van der Waals surface area contributed by atoms with Crippen LogP contribution in [0.25, 0.3) is 16.6 Å². The largest absolute Gasteiger partial charge is 0.384 e. The molecular weight excluding hydrogens is 452 g/mol. The zero-order valence-electron chi connectivity index (χ0n) is 21.8. The van der Waals surface area contributed by atoms with Crippen LogP contribution in [0.4, 0.5) is 10.5 Å². The van der Waals surface area contributed by atoms with Crippen molar-refractivity contribution in [3.05, 3.63) is 54.4 Å². The minimum absolute atomic E-state index is 0.0112. The summed E-state index contributed by atoms with van der Waals surface area (Å²) in [5, 5.41) is 18.8. The first-order valence-corrected chi connectivity index (χ1v) is 13.1. The number of likely N-dealkylation sites (tertiary alicyclic amines) is 1. The van der Waals surface area contributed by atoms with Crippen LogP contribution in [0.15, 0.2) is 48.8 Å². The third-order valence-electron chi connectivity index (χ3n) is 7.57. The first kappa shape index (κ1) is 24.6. The number of nitrogens with one attached hydrogen (secondary N) is 1. The number of urea groups is 1. The van der Waals surface area contributed by atoms with Gasteiger partial charge in [-0.05, 0) is 57.4 Å². The summed E-state index contributed by atoms with van der Waals surface area (Å²) in [4.78, 5) is 18.9. The fourth-order valence-corrected chi connectivity index (χ4v) is 5.39. The van der Waals surface area contributed by atoms with E-state index in [0.29, 0.717) is 25.7 Å². The van der Waals surface area contributed by atoms with E-state index in [1.807, 2.05) is 29.5 Å². The molecule has 36 heavy (non-hydrogen) atoms. The highest BCUT2D eigenvalue weighted by atomic mass is 16.3. The molecule has 2 aromatic heterocycles. The standard InChI is InChI=1S/C28H38N6O2/c1-20(2)30-27(35)32-15-13-31(14-16-32)25-9-11-29-34-18-23(17-26(25)34)22-5-7-24(8-6-22)28(36)10-12-33(19-28)21(3)4/h5-9,11,17-18,20-21,36H,10,12-16,19H2,1-4H3,(H,30,35)/t28-/m1/s1. The number of amides is 2. The molecule has 2 amide bonds. The number of anilines is 1. The van der Waals surface area contributed by atoms with Crippen LogP contribution in [-0.2, 0) is 5.60 Å². The number of nitrogens with zero attached hydrogens (tertiary/aromatic N) is 5. The van der Waals surface area contributed by atoms with Gasteiger partial charge >= 0.3 is 6.03 Å². The summed E-state index contributed by atoms with van der Waals surface area (Å²) in [6.07, 6.45) is 4.66. The van der Waals surface area contributed by atoms with Crippen LogP contribution in [0, 0.1) is 0 Å². The molecule has 2 aliphatic heterocycles. The lowest BCUT2D eigenvalue weighted by Crippen LogP contribution is -2.53. The first-order chi connectivity index (χ1) is 17.2. The van der Waals surface area contributed by atoms with Crippen LogP contribution in [0.5, 0.6) is 0 Å². The highest BCUT2D eigenvalue weighted by Gasteiger charge is 2.38. The van der Waals surface area contributed by atoms with Crippen molar-refractivity contribution in [1.29, 1.82) is 0 Å². The summed E-state index contributed by atoms with van der Waals surface area (Å²) in [5.41, 5.74) is 4.59. The van der Waals surface area contributed by atoms with Gasteiger partial charge in [-0.1, -0.05) is 24.3 Å². The maximum absolute atomic E-state index is 12.4. The van der Waals surface area contributed by atoms with Gasteiger partial charge in [0.05, 0.1) is 11.2 Å². The van der Waals surface area contributed by atoms with E-state index in [-0.39, 0.29) is 12.1 Å². The molecule has 1 aromatic carbocycles. The molecule has 2 saturated heterocycles. The van der Waals surface area contributed by atoms with Gasteiger partial charge in [0.25, 0.3) is 0 Å². The van der Waals surface area contributed by atoms with Crippen LogP contribution in [0.2, 0.25) is 0 Å². The molecular formula is C28H38N6O2. The third kappa shape index (κ3) is 4.80. The van der Waals surface area contributed by atoms with Crippen molar-refractivity contribution in [3.63, 3.8) is 0 Å². The van der Waals surface area contributed by atoms with E-state index in [1.165, 1.54) is 0 Å². The molecule has 0 aliphatic carbocycles. The van der Waals surface area contributed by atoms with Crippen molar-refractivity contribution in [3.8, 4) is 11.1 Å². The van der Waals surface area contributed by atoms with E-state index in [2.05, 4.69) is 76.7 Å². The number of β-amino-alcohol motifs (C(OH)–C–C–N with tert-alkyl or cyclic N) is 1. The number of piperazine rings is 1. The summed E-state index contributed by atoms with van der Waals surface area (Å²) < 4.78 is 1.93. The van der Waals surface area contributed by atoms with E-state index in [1.54, 1.807) is 0 Å². The van der Waals surface area contributed by atoms with Crippen molar-refractivity contribution in [1.82, 2.24) is 24.7 Å². The Morgan fingerprint density at radius 3 is 2.36 bits per heavy atom. The molecule has 2 fully saturated rings. The molecule has 0 unspecified atom stereocenters. The molecule has 0 radical (unpaired) electrons. The van der Waals surface area contributed by atoms with E-state index in [4.69, 9.17) is 0 Å². The lowest BCUT2D eigenvalue weighted by atomic mass is 9.91. The second-order valence-electron chi connectivity index (χ2n) is 10.8. The summed E-state index contributed by atoms with van der Waals surface area (Å²) in [6, 6.07) is 13.2. The normalized spacial score (nSPS) is 21.2. The van der Waals surface area contributed by atoms with Crippen LogP contribution >= 0.6 is 0 Å². The monoisotopic (exact) mass is 490 g/mol. The van der Waals surface area contributed by atoms with Gasteiger partial charge in [0, 0.05) is 69.3 Å². The number of hydrogen-bond acceptors (Lipinski definition) is 5. The Morgan fingerprint density at radius 2 is 1.72 bits per heavy atom. The average molecular weight is 491 g/mol. The van der Waals surface area contributed by atoms with Crippen molar-refractivity contribution in [2.45, 2.75) is 51.8 Å². The third-order valence-corrected chi connectivity index (χ3v) is 7.57. The van der Waals surface area contributed by atoms with E-state index >= 15 is 0 Å². The number of carbonyl (C=O) groups excluding carboxylic acids is 1. The Hall–Kier alpha value is -3.10. The fraction of sp³-hybridized carbons (Fsp3) is 0.500. The van der Waals surface area contributed by atoms with E-state index in [9.17, 15) is 9.90 Å². The van der Waals surface area contributed by atoms with Crippen molar-refractivity contribution in [2.24, 2.45) is 0 Å². The van der Waals surface area contributed by atoms with Gasteiger partial charge in [-0.3, -0.25) is 4.90 Å². The molecule has 4 heterocycles. The molecule has 2 aliphatic rings. The Balaban J connectivity index is 1.32. The number of rotatable bonds is 5. The second-order valence-corrected chi connectivity index (χ2v) is 10.8. The maximum Gasteiger partial charge on any atom is 0.317 e. The van der Waals surface area contributed by atoms with Gasteiger partial charge in [0.1, 0.15) is 5.60 Å². The molecule has 1 atom stereocenters. The Labute approximate surface area is 213 Å². The summed E-state index contributed by atoms with van der Waals surface area (Å²) >= 11 is 0. The number of fused-ring (bicyclic) bond motifs is 1. The van der Waals surface area contributed by atoms with Gasteiger partial charge in [-0.15, -0.1) is 0 Å². The maximum atomic E-state index is 12.4. The highest BCUT2D eigenvalue weighted by molar-refractivity contribution is 5.80. The van der Waals surface area contributed by atoms with Gasteiger partial charge in [-0.2, -0.15) is 5.10 Å². The van der Waals surface area contributed by atoms with Crippen LogP contribution < -0.4 is 10.2 Å². The van der Waals surface area contributed by atoms with E-state index in [0.717, 1.165) is 53.9 Å². The number of benzene rings is 1. The van der Waals surface area contributed by atoms with Gasteiger partial charge < -0.3 is 20.2 Å². The predicted molar refractivity (Wildman–Crippen MR) is 143 cm³/mol. The topological polar surface area (TPSA) is 76.4 Å². The minimum atomic E-state index is -0.781. The molecule has 0 spiro atoms. The lowest BCUT2D eigenvalue weighted by molar-refractivity contribution is 0.0425. The quantitative estimate of drug-likeness (QED) is 0.572. The van der Waals surface area contributed by atoms with Gasteiger partial charge in [0.2, 0.25) is 0 Å². The second kappa shape index (κ2) is 9.75. The molecule has 2 N–H and O–H groups in total. The van der Waals surface area contributed by atoms with Crippen LogP contribution in [0.1, 0.15) is 39.7 Å².